The molecule has 2 unspecified atom stereocenters. The van der Waals surface area contributed by atoms with E-state index in [1.54, 1.807) is 0 Å². The minimum atomic E-state index is -0.744. The number of benzene rings is 2. The van der Waals surface area contributed by atoms with Crippen molar-refractivity contribution in [2.24, 2.45) is 11.8 Å². The molecule has 28 heavy (non-hydrogen) atoms. The third-order valence-electron chi connectivity index (χ3n) is 5.82. The molecule has 2 aliphatic rings. The first-order valence-corrected chi connectivity index (χ1v) is 9.90. The summed E-state index contributed by atoms with van der Waals surface area (Å²) in [6.07, 6.45) is 2.00. The van der Waals surface area contributed by atoms with E-state index in [2.05, 4.69) is 12.1 Å². The van der Waals surface area contributed by atoms with Gasteiger partial charge in [0.1, 0.15) is 12.4 Å². The molecule has 1 N–H and O–H groups in total. The average molecular weight is 379 g/mol. The molecule has 0 spiro atoms. The van der Waals surface area contributed by atoms with Gasteiger partial charge in [-0.15, -0.1) is 0 Å². The third-order valence-corrected chi connectivity index (χ3v) is 5.82. The highest BCUT2D eigenvalue weighted by atomic mass is 16.5. The summed E-state index contributed by atoms with van der Waals surface area (Å²) in [6.45, 7) is 1.66. The van der Waals surface area contributed by atoms with Gasteiger partial charge >= 0.3 is 5.97 Å². The van der Waals surface area contributed by atoms with Crippen LogP contribution < -0.4 is 4.74 Å². The van der Waals surface area contributed by atoms with Gasteiger partial charge in [0.25, 0.3) is 0 Å². The lowest BCUT2D eigenvalue weighted by Crippen LogP contribution is -2.41. The normalized spacial score (nSPS) is 21.9. The van der Waals surface area contributed by atoms with Crippen molar-refractivity contribution in [2.75, 3.05) is 13.1 Å². The fourth-order valence-corrected chi connectivity index (χ4v) is 3.97. The first-order valence-electron chi connectivity index (χ1n) is 9.90. The number of carbonyl (C=O) groups excluding carboxylic acids is 1. The van der Waals surface area contributed by atoms with Crippen molar-refractivity contribution in [3.8, 4) is 5.75 Å². The molecule has 5 heteroatoms. The number of hydrogen-bond acceptors (Lipinski definition) is 3. The Bertz CT molecular complexity index is 825. The molecule has 2 aromatic carbocycles. The number of piperidine rings is 1. The minimum absolute atomic E-state index is 0.0393. The maximum absolute atomic E-state index is 12.7. The summed E-state index contributed by atoms with van der Waals surface area (Å²) in [7, 11) is 0. The largest absolute Gasteiger partial charge is 0.489 e. The zero-order valence-electron chi connectivity index (χ0n) is 15.8. The maximum Gasteiger partial charge on any atom is 0.306 e. The molecule has 1 heterocycles. The summed E-state index contributed by atoms with van der Waals surface area (Å²) in [5.74, 6) is 0.268. The second-order valence-electron chi connectivity index (χ2n) is 7.73. The van der Waals surface area contributed by atoms with E-state index < -0.39 is 5.97 Å². The van der Waals surface area contributed by atoms with E-state index in [9.17, 15) is 9.59 Å². The summed E-state index contributed by atoms with van der Waals surface area (Å²) in [4.78, 5) is 25.6. The smallest absolute Gasteiger partial charge is 0.306 e. The Labute approximate surface area is 164 Å². The Morgan fingerprint density at radius 3 is 2.32 bits per heavy atom. The molecule has 1 amide bonds. The standard InChI is InChI=1S/C23H25NO4/c25-22(24-12-10-18(11-13-24)23(26)27)21-14-20(21)17-6-8-19(9-7-17)28-15-16-4-2-1-3-5-16/h1-9,18,20-21H,10-15H2,(H,26,27). The highest BCUT2D eigenvalue weighted by molar-refractivity contribution is 5.83. The van der Waals surface area contributed by atoms with E-state index in [4.69, 9.17) is 9.84 Å². The molecule has 0 radical (unpaired) electrons. The molecule has 0 aromatic heterocycles. The van der Waals surface area contributed by atoms with Crippen molar-refractivity contribution in [1.29, 1.82) is 0 Å². The van der Waals surface area contributed by atoms with E-state index in [1.165, 1.54) is 5.56 Å². The molecule has 1 aliphatic carbocycles. The van der Waals surface area contributed by atoms with Crippen LogP contribution in [0.25, 0.3) is 0 Å². The zero-order chi connectivity index (χ0) is 19.5. The van der Waals surface area contributed by atoms with Crippen LogP contribution in [0, 0.1) is 11.8 Å². The quantitative estimate of drug-likeness (QED) is 0.831. The van der Waals surface area contributed by atoms with E-state index in [-0.39, 0.29) is 23.7 Å². The number of ether oxygens (including phenoxy) is 1. The van der Waals surface area contributed by atoms with Gasteiger partial charge in [0.15, 0.2) is 0 Å². The Hall–Kier alpha value is -2.82. The number of amides is 1. The Morgan fingerprint density at radius 2 is 1.68 bits per heavy atom. The number of nitrogens with zero attached hydrogens (tertiary/aromatic N) is 1. The molecule has 146 valence electrons. The summed E-state index contributed by atoms with van der Waals surface area (Å²) >= 11 is 0. The lowest BCUT2D eigenvalue weighted by Gasteiger charge is -2.30. The topological polar surface area (TPSA) is 66.8 Å². The number of aliphatic carboxylic acids is 1. The Morgan fingerprint density at radius 1 is 1.00 bits per heavy atom. The molecular formula is C23H25NO4. The van der Waals surface area contributed by atoms with Crippen LogP contribution in [0.1, 0.15) is 36.3 Å². The molecule has 2 fully saturated rings. The van der Waals surface area contributed by atoms with Crippen LogP contribution in [0.4, 0.5) is 0 Å². The molecule has 1 saturated carbocycles. The number of hydrogen-bond donors (Lipinski definition) is 1. The molecular weight excluding hydrogens is 354 g/mol. The van der Waals surface area contributed by atoms with Crippen LogP contribution >= 0.6 is 0 Å². The molecule has 1 aliphatic heterocycles. The molecule has 2 aromatic rings. The lowest BCUT2D eigenvalue weighted by atomic mass is 9.96. The summed E-state index contributed by atoms with van der Waals surface area (Å²) in [5, 5.41) is 9.09. The summed E-state index contributed by atoms with van der Waals surface area (Å²) < 4.78 is 5.82. The van der Waals surface area contributed by atoms with Gasteiger partial charge in [0, 0.05) is 19.0 Å². The van der Waals surface area contributed by atoms with E-state index in [0.29, 0.717) is 32.5 Å². The van der Waals surface area contributed by atoms with Gasteiger partial charge in [-0.25, -0.2) is 0 Å². The van der Waals surface area contributed by atoms with Gasteiger partial charge in [-0.1, -0.05) is 42.5 Å². The molecule has 0 bridgehead atoms. The van der Waals surface area contributed by atoms with E-state index in [0.717, 1.165) is 17.7 Å². The van der Waals surface area contributed by atoms with Crippen LogP contribution in [0.5, 0.6) is 5.75 Å². The van der Waals surface area contributed by atoms with Crippen LogP contribution in [0.3, 0.4) is 0 Å². The Balaban J connectivity index is 1.28. The van der Waals surface area contributed by atoms with Gasteiger partial charge in [-0.05, 0) is 48.4 Å². The van der Waals surface area contributed by atoms with Gasteiger partial charge in [-0.2, -0.15) is 0 Å². The second kappa shape index (κ2) is 8.05. The van der Waals surface area contributed by atoms with E-state index >= 15 is 0 Å². The molecule has 4 rings (SSSR count). The second-order valence-corrected chi connectivity index (χ2v) is 7.73. The predicted molar refractivity (Wildman–Crippen MR) is 105 cm³/mol. The first kappa shape index (κ1) is 18.5. The van der Waals surface area contributed by atoms with Crippen LogP contribution in [0.15, 0.2) is 54.6 Å². The minimum Gasteiger partial charge on any atom is -0.489 e. The zero-order valence-corrected chi connectivity index (χ0v) is 15.8. The fraction of sp³-hybridized carbons (Fsp3) is 0.391. The number of carboxylic acid groups (broad SMARTS) is 1. The van der Waals surface area contributed by atoms with Crippen LogP contribution in [-0.2, 0) is 16.2 Å². The number of carbonyl (C=O) groups is 2. The van der Waals surface area contributed by atoms with Crippen molar-refractivity contribution >= 4 is 11.9 Å². The summed E-state index contributed by atoms with van der Waals surface area (Å²) in [6, 6.07) is 18.1. The van der Waals surface area contributed by atoms with Gasteiger partial charge in [-0.3, -0.25) is 9.59 Å². The monoisotopic (exact) mass is 379 g/mol. The van der Waals surface area contributed by atoms with Crippen LogP contribution in [-0.4, -0.2) is 35.0 Å². The molecule has 1 saturated heterocycles. The molecule has 2 atom stereocenters. The predicted octanol–water partition coefficient (Wildman–Crippen LogP) is 3.69. The fourth-order valence-electron chi connectivity index (χ4n) is 3.97. The SMILES string of the molecule is O=C(O)C1CCN(C(=O)C2CC2c2ccc(OCc3ccccc3)cc2)CC1. The van der Waals surface area contributed by atoms with Crippen molar-refractivity contribution in [3.63, 3.8) is 0 Å². The van der Waals surface area contributed by atoms with Gasteiger partial charge in [0.2, 0.25) is 5.91 Å². The number of carboxylic acids is 1. The van der Waals surface area contributed by atoms with Crippen molar-refractivity contribution in [1.82, 2.24) is 4.90 Å². The average Bonchev–Trinajstić information content (AvgIpc) is 3.54. The Kier molecular flexibility index (Phi) is 5.33. The van der Waals surface area contributed by atoms with E-state index in [1.807, 2.05) is 47.4 Å². The maximum atomic E-state index is 12.7. The van der Waals surface area contributed by atoms with Gasteiger partial charge in [0.05, 0.1) is 5.92 Å². The number of likely N-dealkylation sites (tertiary alicyclic amines) is 1. The highest BCUT2D eigenvalue weighted by Gasteiger charge is 2.46. The molecule has 5 nitrogen and oxygen atoms in total. The van der Waals surface area contributed by atoms with Crippen molar-refractivity contribution < 1.29 is 19.4 Å². The van der Waals surface area contributed by atoms with Gasteiger partial charge < -0.3 is 14.7 Å². The summed E-state index contributed by atoms with van der Waals surface area (Å²) in [5.41, 5.74) is 2.30. The lowest BCUT2D eigenvalue weighted by molar-refractivity contribution is -0.146. The van der Waals surface area contributed by atoms with Crippen molar-refractivity contribution in [3.05, 3.63) is 65.7 Å². The number of rotatable bonds is 6. The van der Waals surface area contributed by atoms with Crippen LogP contribution in [0.2, 0.25) is 0 Å². The third kappa shape index (κ3) is 4.19. The highest BCUT2D eigenvalue weighted by Crippen LogP contribution is 2.49. The van der Waals surface area contributed by atoms with Crippen molar-refractivity contribution in [2.45, 2.75) is 31.8 Å². The first-order chi connectivity index (χ1) is 13.6.